The maximum absolute atomic E-state index is 3.51. The van der Waals surface area contributed by atoms with E-state index in [0.717, 1.165) is 24.9 Å². The molecule has 2 heteroatoms. The summed E-state index contributed by atoms with van der Waals surface area (Å²) in [5, 5.41) is 7.01. The highest BCUT2D eigenvalue weighted by Gasteiger charge is 2.21. The third-order valence-corrected chi connectivity index (χ3v) is 3.25. The van der Waals surface area contributed by atoms with E-state index in [0.29, 0.717) is 6.17 Å². The lowest BCUT2D eigenvalue weighted by molar-refractivity contribution is 0.307. The Kier molecular flexibility index (Phi) is 5.49. The van der Waals surface area contributed by atoms with Gasteiger partial charge in [0.2, 0.25) is 0 Å². The molecule has 0 aromatic heterocycles. The molecular formula is C12H26N2. The zero-order chi connectivity index (χ0) is 10.4. The highest BCUT2D eigenvalue weighted by atomic mass is 15.2. The molecule has 0 spiro atoms. The first-order valence-electron chi connectivity index (χ1n) is 6.20. The summed E-state index contributed by atoms with van der Waals surface area (Å²) in [6.45, 7) is 9.30. The molecule has 1 fully saturated rings. The Bertz CT molecular complexity index is 141. The summed E-state index contributed by atoms with van der Waals surface area (Å²) in [6, 6.07) is 0. The SMILES string of the molecule is CCCCC(C)CC(C)C1NCCN1. The van der Waals surface area contributed by atoms with Crippen molar-refractivity contribution in [2.75, 3.05) is 13.1 Å². The molecular weight excluding hydrogens is 172 g/mol. The van der Waals surface area contributed by atoms with Gasteiger partial charge in [-0.25, -0.2) is 0 Å². The lowest BCUT2D eigenvalue weighted by Crippen LogP contribution is -2.38. The fourth-order valence-corrected chi connectivity index (χ4v) is 2.37. The first kappa shape index (κ1) is 12.0. The number of unbranched alkanes of at least 4 members (excludes halogenated alkanes) is 1. The van der Waals surface area contributed by atoms with Crippen molar-refractivity contribution < 1.29 is 0 Å². The standard InChI is InChI=1S/C12H26N2/c1-4-5-6-10(2)9-11(3)12-13-7-8-14-12/h10-14H,4-9H2,1-3H3. The van der Waals surface area contributed by atoms with Crippen molar-refractivity contribution in [3.05, 3.63) is 0 Å². The Balaban J connectivity index is 2.14. The summed E-state index contributed by atoms with van der Waals surface area (Å²) in [4.78, 5) is 0. The van der Waals surface area contributed by atoms with Crippen LogP contribution in [0.25, 0.3) is 0 Å². The van der Waals surface area contributed by atoms with E-state index in [1.54, 1.807) is 0 Å². The Hall–Kier alpha value is -0.0800. The molecule has 0 aromatic carbocycles. The van der Waals surface area contributed by atoms with Crippen LogP contribution in [0.4, 0.5) is 0 Å². The lowest BCUT2D eigenvalue weighted by atomic mass is 9.91. The number of hydrogen-bond donors (Lipinski definition) is 2. The highest BCUT2D eigenvalue weighted by Crippen LogP contribution is 2.19. The van der Waals surface area contributed by atoms with E-state index in [1.165, 1.54) is 25.7 Å². The summed E-state index contributed by atoms with van der Waals surface area (Å²) in [6.07, 6.45) is 6.04. The predicted molar refractivity (Wildman–Crippen MR) is 62.3 cm³/mol. The maximum atomic E-state index is 3.51. The minimum Gasteiger partial charge on any atom is -0.300 e. The van der Waals surface area contributed by atoms with Crippen molar-refractivity contribution in [1.82, 2.24) is 10.6 Å². The molecule has 1 rings (SSSR count). The van der Waals surface area contributed by atoms with Crippen LogP contribution >= 0.6 is 0 Å². The van der Waals surface area contributed by atoms with Crippen LogP contribution in [0, 0.1) is 11.8 Å². The fourth-order valence-electron chi connectivity index (χ4n) is 2.37. The minimum atomic E-state index is 0.569. The van der Waals surface area contributed by atoms with E-state index < -0.39 is 0 Å². The van der Waals surface area contributed by atoms with Crippen LogP contribution in [-0.4, -0.2) is 19.3 Å². The average Bonchev–Trinajstić information content (AvgIpc) is 2.67. The van der Waals surface area contributed by atoms with Gasteiger partial charge < -0.3 is 10.6 Å². The Labute approximate surface area is 88.8 Å². The van der Waals surface area contributed by atoms with Gasteiger partial charge in [0.1, 0.15) is 0 Å². The van der Waals surface area contributed by atoms with Crippen molar-refractivity contribution in [2.24, 2.45) is 11.8 Å². The summed E-state index contributed by atoms with van der Waals surface area (Å²) >= 11 is 0. The van der Waals surface area contributed by atoms with Crippen molar-refractivity contribution in [3.63, 3.8) is 0 Å². The van der Waals surface area contributed by atoms with Crippen LogP contribution in [0.2, 0.25) is 0 Å². The first-order valence-corrected chi connectivity index (χ1v) is 6.20. The largest absolute Gasteiger partial charge is 0.300 e. The second-order valence-corrected chi connectivity index (χ2v) is 4.85. The molecule has 0 bridgehead atoms. The molecule has 0 aliphatic carbocycles. The van der Waals surface area contributed by atoms with E-state index in [-0.39, 0.29) is 0 Å². The molecule has 2 unspecified atom stereocenters. The van der Waals surface area contributed by atoms with Gasteiger partial charge in [0.15, 0.2) is 0 Å². The summed E-state index contributed by atoms with van der Waals surface area (Å²) in [5.74, 6) is 1.65. The van der Waals surface area contributed by atoms with E-state index in [9.17, 15) is 0 Å². The van der Waals surface area contributed by atoms with Crippen molar-refractivity contribution >= 4 is 0 Å². The second-order valence-electron chi connectivity index (χ2n) is 4.85. The normalized spacial score (nSPS) is 22.5. The third kappa shape index (κ3) is 3.97. The van der Waals surface area contributed by atoms with Gasteiger partial charge in [-0.05, 0) is 18.3 Å². The highest BCUT2D eigenvalue weighted by molar-refractivity contribution is 4.78. The monoisotopic (exact) mass is 198 g/mol. The van der Waals surface area contributed by atoms with E-state index in [1.807, 2.05) is 0 Å². The van der Waals surface area contributed by atoms with Gasteiger partial charge in [-0.1, -0.05) is 40.0 Å². The zero-order valence-corrected chi connectivity index (χ0v) is 9.97. The summed E-state index contributed by atoms with van der Waals surface area (Å²) in [7, 11) is 0. The molecule has 2 nitrogen and oxygen atoms in total. The molecule has 2 atom stereocenters. The van der Waals surface area contributed by atoms with Crippen molar-refractivity contribution in [1.29, 1.82) is 0 Å². The molecule has 2 N–H and O–H groups in total. The molecule has 84 valence electrons. The topological polar surface area (TPSA) is 24.1 Å². The van der Waals surface area contributed by atoms with Gasteiger partial charge >= 0.3 is 0 Å². The molecule has 0 aromatic rings. The van der Waals surface area contributed by atoms with Crippen LogP contribution in [0.5, 0.6) is 0 Å². The summed E-state index contributed by atoms with van der Waals surface area (Å²) < 4.78 is 0. The van der Waals surface area contributed by atoms with Crippen LogP contribution in [0.15, 0.2) is 0 Å². The van der Waals surface area contributed by atoms with Gasteiger partial charge in [-0.15, -0.1) is 0 Å². The number of nitrogens with one attached hydrogen (secondary N) is 2. The van der Waals surface area contributed by atoms with E-state index in [2.05, 4.69) is 31.4 Å². The molecule has 0 saturated carbocycles. The zero-order valence-electron chi connectivity index (χ0n) is 9.97. The number of rotatable bonds is 6. The molecule has 0 amide bonds. The predicted octanol–water partition coefficient (Wildman–Crippen LogP) is 2.36. The summed E-state index contributed by atoms with van der Waals surface area (Å²) in [5.41, 5.74) is 0. The first-order chi connectivity index (χ1) is 6.74. The quantitative estimate of drug-likeness (QED) is 0.684. The van der Waals surface area contributed by atoms with Gasteiger partial charge in [-0.3, -0.25) is 0 Å². The van der Waals surface area contributed by atoms with Crippen LogP contribution < -0.4 is 10.6 Å². The third-order valence-electron chi connectivity index (χ3n) is 3.25. The lowest BCUT2D eigenvalue weighted by Gasteiger charge is -2.23. The van der Waals surface area contributed by atoms with E-state index in [4.69, 9.17) is 0 Å². The molecule has 1 aliphatic heterocycles. The van der Waals surface area contributed by atoms with E-state index >= 15 is 0 Å². The molecule has 0 radical (unpaired) electrons. The van der Waals surface area contributed by atoms with Gasteiger partial charge in [0, 0.05) is 13.1 Å². The minimum absolute atomic E-state index is 0.569. The molecule has 1 heterocycles. The fraction of sp³-hybridized carbons (Fsp3) is 1.00. The Morgan fingerprint density at radius 2 is 1.86 bits per heavy atom. The van der Waals surface area contributed by atoms with Crippen LogP contribution in [0.3, 0.4) is 0 Å². The molecule has 1 aliphatic rings. The van der Waals surface area contributed by atoms with Crippen molar-refractivity contribution in [3.8, 4) is 0 Å². The Morgan fingerprint density at radius 3 is 2.43 bits per heavy atom. The smallest absolute Gasteiger partial charge is 0.0599 e. The van der Waals surface area contributed by atoms with Gasteiger partial charge in [0.05, 0.1) is 6.17 Å². The second kappa shape index (κ2) is 6.41. The maximum Gasteiger partial charge on any atom is 0.0599 e. The number of hydrogen-bond acceptors (Lipinski definition) is 2. The van der Waals surface area contributed by atoms with Gasteiger partial charge in [-0.2, -0.15) is 0 Å². The van der Waals surface area contributed by atoms with Crippen LogP contribution in [-0.2, 0) is 0 Å². The Morgan fingerprint density at radius 1 is 1.21 bits per heavy atom. The molecule has 14 heavy (non-hydrogen) atoms. The van der Waals surface area contributed by atoms with Gasteiger partial charge in [0.25, 0.3) is 0 Å². The van der Waals surface area contributed by atoms with Crippen LogP contribution in [0.1, 0.15) is 46.5 Å². The average molecular weight is 198 g/mol. The molecule has 1 saturated heterocycles. The van der Waals surface area contributed by atoms with Crippen molar-refractivity contribution in [2.45, 2.75) is 52.6 Å².